The lowest BCUT2D eigenvalue weighted by molar-refractivity contribution is 0.115. The number of hydrogen-bond acceptors (Lipinski definition) is 3. The summed E-state index contributed by atoms with van der Waals surface area (Å²) in [4.78, 5) is 2.40. The van der Waals surface area contributed by atoms with Gasteiger partial charge < -0.3 is 15.4 Å². The molecule has 1 rings (SSSR count). The first-order valence-corrected chi connectivity index (χ1v) is 5.52. The Balaban J connectivity index is 2.43. The largest absolute Gasteiger partial charge is 0.379 e. The topological polar surface area (TPSA) is 38.5 Å². The van der Waals surface area contributed by atoms with Crippen LogP contribution in [0.5, 0.6) is 0 Å². The van der Waals surface area contributed by atoms with E-state index < -0.39 is 0 Å². The summed E-state index contributed by atoms with van der Waals surface area (Å²) in [5.74, 6) is 0.505. The third-order valence-corrected chi connectivity index (χ3v) is 3.65. The fourth-order valence-corrected chi connectivity index (χ4v) is 1.67. The first kappa shape index (κ1) is 12.0. The minimum absolute atomic E-state index is 0.227. The van der Waals surface area contributed by atoms with Crippen LogP contribution in [-0.2, 0) is 4.74 Å². The summed E-state index contributed by atoms with van der Waals surface area (Å²) in [6.45, 7) is 9.36. The highest BCUT2D eigenvalue weighted by Gasteiger charge is 2.30. The average molecular weight is 200 g/mol. The number of ether oxygens (including phenoxy) is 1. The molecule has 1 aliphatic heterocycles. The zero-order valence-corrected chi connectivity index (χ0v) is 9.92. The minimum Gasteiger partial charge on any atom is -0.379 e. The van der Waals surface area contributed by atoms with E-state index in [1.807, 2.05) is 0 Å². The predicted molar refractivity (Wildman–Crippen MR) is 59.3 cm³/mol. The molecule has 1 aliphatic rings. The van der Waals surface area contributed by atoms with Gasteiger partial charge >= 0.3 is 0 Å². The summed E-state index contributed by atoms with van der Waals surface area (Å²) in [7, 11) is 2.18. The molecule has 84 valence electrons. The Morgan fingerprint density at radius 2 is 2.07 bits per heavy atom. The molecule has 2 atom stereocenters. The Morgan fingerprint density at radius 3 is 2.50 bits per heavy atom. The van der Waals surface area contributed by atoms with Gasteiger partial charge in [-0.25, -0.2) is 0 Å². The predicted octanol–water partition coefficient (Wildman–Crippen LogP) is 1.08. The van der Waals surface area contributed by atoms with Gasteiger partial charge in [0.2, 0.25) is 0 Å². The maximum absolute atomic E-state index is 5.96. The maximum Gasteiger partial charge on any atom is 0.0621 e. The summed E-state index contributed by atoms with van der Waals surface area (Å²) in [6.07, 6.45) is 1.16. The van der Waals surface area contributed by atoms with E-state index in [0.29, 0.717) is 5.92 Å². The summed E-state index contributed by atoms with van der Waals surface area (Å²) in [5.41, 5.74) is 6.23. The van der Waals surface area contributed by atoms with E-state index in [1.54, 1.807) is 0 Å². The van der Waals surface area contributed by atoms with Gasteiger partial charge in [0.05, 0.1) is 13.2 Å². The molecule has 0 saturated carbocycles. The van der Waals surface area contributed by atoms with E-state index in [9.17, 15) is 0 Å². The van der Waals surface area contributed by atoms with Crippen molar-refractivity contribution in [3.8, 4) is 0 Å². The van der Waals surface area contributed by atoms with Crippen LogP contribution >= 0.6 is 0 Å². The quantitative estimate of drug-likeness (QED) is 0.738. The molecule has 3 heteroatoms. The molecule has 0 radical (unpaired) electrons. The Bertz CT molecular complexity index is 182. The minimum atomic E-state index is 0.227. The lowest BCUT2D eigenvalue weighted by Gasteiger charge is -2.36. The first-order chi connectivity index (χ1) is 6.47. The molecule has 3 nitrogen and oxygen atoms in total. The van der Waals surface area contributed by atoms with Gasteiger partial charge in [-0.15, -0.1) is 0 Å². The van der Waals surface area contributed by atoms with E-state index in [2.05, 4.69) is 32.7 Å². The van der Waals surface area contributed by atoms with Crippen LogP contribution in [0.4, 0.5) is 0 Å². The monoisotopic (exact) mass is 200 g/mol. The van der Waals surface area contributed by atoms with Crippen LogP contribution in [0.25, 0.3) is 0 Å². The van der Waals surface area contributed by atoms with Gasteiger partial charge in [0.25, 0.3) is 0 Å². The highest BCUT2D eigenvalue weighted by Crippen LogP contribution is 2.20. The van der Waals surface area contributed by atoms with Crippen LogP contribution in [0.1, 0.15) is 27.2 Å². The van der Waals surface area contributed by atoms with Crippen LogP contribution in [0.2, 0.25) is 0 Å². The van der Waals surface area contributed by atoms with E-state index >= 15 is 0 Å². The molecule has 2 N–H and O–H groups in total. The number of nitrogens with two attached hydrogens (primary N) is 1. The number of nitrogens with zero attached hydrogens (tertiary/aromatic N) is 1. The SMILES string of the molecule is CCC(C)(C)N(C)CC1COCC1N. The smallest absolute Gasteiger partial charge is 0.0621 e. The lowest BCUT2D eigenvalue weighted by Crippen LogP contribution is -2.46. The van der Waals surface area contributed by atoms with E-state index in [-0.39, 0.29) is 11.6 Å². The Labute approximate surface area is 87.6 Å². The van der Waals surface area contributed by atoms with Crippen molar-refractivity contribution in [3.05, 3.63) is 0 Å². The Kier molecular flexibility index (Phi) is 3.93. The van der Waals surface area contributed by atoms with Gasteiger partial charge in [0, 0.05) is 24.0 Å². The first-order valence-electron chi connectivity index (χ1n) is 5.52. The molecule has 0 aromatic carbocycles. The lowest BCUT2D eigenvalue weighted by atomic mass is 9.96. The van der Waals surface area contributed by atoms with Crippen LogP contribution < -0.4 is 5.73 Å². The zero-order chi connectivity index (χ0) is 10.8. The molecule has 0 aromatic rings. The molecule has 0 bridgehead atoms. The van der Waals surface area contributed by atoms with Gasteiger partial charge in [0.15, 0.2) is 0 Å². The van der Waals surface area contributed by atoms with E-state index in [1.165, 1.54) is 0 Å². The molecule has 0 aromatic heterocycles. The van der Waals surface area contributed by atoms with Crippen molar-refractivity contribution in [1.82, 2.24) is 4.90 Å². The van der Waals surface area contributed by atoms with Crippen molar-refractivity contribution in [2.45, 2.75) is 38.8 Å². The maximum atomic E-state index is 5.96. The number of hydrogen-bond donors (Lipinski definition) is 1. The van der Waals surface area contributed by atoms with Crippen molar-refractivity contribution in [3.63, 3.8) is 0 Å². The molecule has 1 fully saturated rings. The van der Waals surface area contributed by atoms with Crippen LogP contribution in [0.3, 0.4) is 0 Å². The molecule has 14 heavy (non-hydrogen) atoms. The third kappa shape index (κ3) is 2.69. The van der Waals surface area contributed by atoms with Gasteiger partial charge in [-0.1, -0.05) is 6.92 Å². The average Bonchev–Trinajstić information content (AvgIpc) is 2.52. The molecular weight excluding hydrogens is 176 g/mol. The Hall–Kier alpha value is -0.120. The summed E-state index contributed by atoms with van der Waals surface area (Å²) < 4.78 is 5.36. The second-order valence-corrected chi connectivity index (χ2v) is 5.01. The van der Waals surface area contributed by atoms with Gasteiger partial charge in [0.1, 0.15) is 0 Å². The van der Waals surface area contributed by atoms with Crippen LogP contribution in [-0.4, -0.2) is 43.3 Å². The summed E-state index contributed by atoms with van der Waals surface area (Å²) >= 11 is 0. The van der Waals surface area contributed by atoms with Crippen molar-refractivity contribution in [1.29, 1.82) is 0 Å². The molecular formula is C11H24N2O. The van der Waals surface area contributed by atoms with E-state index in [0.717, 1.165) is 26.2 Å². The summed E-state index contributed by atoms with van der Waals surface area (Å²) in [5, 5.41) is 0. The van der Waals surface area contributed by atoms with Crippen molar-refractivity contribution in [2.75, 3.05) is 26.8 Å². The van der Waals surface area contributed by atoms with E-state index in [4.69, 9.17) is 10.5 Å². The van der Waals surface area contributed by atoms with Crippen LogP contribution in [0, 0.1) is 5.92 Å². The standard InChI is InChI=1S/C11H24N2O/c1-5-11(2,3)13(4)6-9-7-14-8-10(9)12/h9-10H,5-8,12H2,1-4H3. The fraction of sp³-hybridized carbons (Fsp3) is 1.00. The summed E-state index contributed by atoms with van der Waals surface area (Å²) in [6, 6.07) is 0.227. The van der Waals surface area contributed by atoms with Gasteiger partial charge in [-0.3, -0.25) is 0 Å². The highest BCUT2D eigenvalue weighted by atomic mass is 16.5. The Morgan fingerprint density at radius 1 is 1.43 bits per heavy atom. The second kappa shape index (κ2) is 4.60. The fourth-order valence-electron chi connectivity index (χ4n) is 1.67. The molecule has 0 amide bonds. The van der Waals surface area contributed by atoms with Crippen molar-refractivity contribution in [2.24, 2.45) is 11.7 Å². The number of rotatable bonds is 4. The molecule has 1 saturated heterocycles. The third-order valence-electron chi connectivity index (χ3n) is 3.65. The van der Waals surface area contributed by atoms with Crippen LogP contribution in [0.15, 0.2) is 0 Å². The second-order valence-electron chi connectivity index (χ2n) is 5.01. The zero-order valence-electron chi connectivity index (χ0n) is 9.92. The highest BCUT2D eigenvalue weighted by molar-refractivity contribution is 4.85. The van der Waals surface area contributed by atoms with Gasteiger partial charge in [-0.2, -0.15) is 0 Å². The normalized spacial score (nSPS) is 28.7. The molecule has 0 aliphatic carbocycles. The molecule has 0 spiro atoms. The van der Waals surface area contributed by atoms with Gasteiger partial charge in [-0.05, 0) is 27.3 Å². The van der Waals surface area contributed by atoms with Crippen molar-refractivity contribution < 1.29 is 4.74 Å². The molecule has 1 heterocycles. The molecule has 2 unspecified atom stereocenters. The van der Waals surface area contributed by atoms with Crippen molar-refractivity contribution >= 4 is 0 Å².